The molecule has 1 aromatic carbocycles. The number of carbonyl (C=O) groups is 1. The smallest absolute Gasteiger partial charge is 0.220 e. The Hall–Kier alpha value is -1.35. The summed E-state index contributed by atoms with van der Waals surface area (Å²) in [6.45, 7) is 9.12. The third kappa shape index (κ3) is 9.80. The summed E-state index contributed by atoms with van der Waals surface area (Å²) >= 11 is 0. The van der Waals surface area contributed by atoms with Crippen molar-refractivity contribution >= 4 is 35.8 Å². The molecule has 0 spiro atoms. The first-order valence-electron chi connectivity index (χ1n) is 10.5. The van der Waals surface area contributed by atoms with Crippen LogP contribution in [0, 0.1) is 11.8 Å². The third-order valence-corrected chi connectivity index (χ3v) is 5.07. The number of nitrogens with one attached hydrogen (secondary N) is 2. The minimum atomic E-state index is 0. The Labute approximate surface area is 192 Å². The van der Waals surface area contributed by atoms with E-state index in [1.807, 2.05) is 18.2 Å². The summed E-state index contributed by atoms with van der Waals surface area (Å²) in [6, 6.07) is 10.3. The topological polar surface area (TPSA) is 66.0 Å². The number of nitrogens with zero attached hydrogens (tertiary/aromatic N) is 2. The van der Waals surface area contributed by atoms with Gasteiger partial charge in [-0.25, -0.2) is 0 Å². The van der Waals surface area contributed by atoms with Gasteiger partial charge in [-0.3, -0.25) is 9.79 Å². The van der Waals surface area contributed by atoms with Gasteiger partial charge in [0.2, 0.25) is 5.91 Å². The number of aliphatic imine (C=N–C) groups is 1. The van der Waals surface area contributed by atoms with Gasteiger partial charge in [-0.15, -0.1) is 24.0 Å². The van der Waals surface area contributed by atoms with E-state index in [-0.39, 0.29) is 29.9 Å². The highest BCUT2D eigenvalue weighted by molar-refractivity contribution is 14.0. The van der Waals surface area contributed by atoms with Gasteiger partial charge in [0.05, 0.1) is 13.2 Å². The molecule has 1 amide bonds. The van der Waals surface area contributed by atoms with Gasteiger partial charge in [-0.05, 0) is 37.2 Å². The maximum absolute atomic E-state index is 11.6. The molecular weight excluding hydrogens is 479 g/mol. The lowest BCUT2D eigenvalue weighted by atomic mass is 9.93. The SMILES string of the molecule is CCNC(=NCC(C)COCc1ccccc1)N1CCC(CC(=O)NC)CC1.I. The second-order valence-corrected chi connectivity index (χ2v) is 7.61. The second kappa shape index (κ2) is 14.6. The number of carbonyl (C=O) groups excluding carboxylic acids is 1. The fraction of sp³-hybridized carbons (Fsp3) is 0.636. The fourth-order valence-corrected chi connectivity index (χ4v) is 3.39. The first-order chi connectivity index (χ1) is 13.6. The minimum Gasteiger partial charge on any atom is -0.376 e. The summed E-state index contributed by atoms with van der Waals surface area (Å²) in [4.78, 5) is 18.7. The molecule has 6 nitrogen and oxygen atoms in total. The Balaban J connectivity index is 0.00000420. The van der Waals surface area contributed by atoms with Gasteiger partial charge in [0, 0.05) is 39.6 Å². The number of hydrogen-bond donors (Lipinski definition) is 2. The Morgan fingerprint density at radius 1 is 1.28 bits per heavy atom. The van der Waals surface area contributed by atoms with E-state index >= 15 is 0 Å². The zero-order valence-corrected chi connectivity index (χ0v) is 20.4. The van der Waals surface area contributed by atoms with Crippen LogP contribution in [0.15, 0.2) is 35.3 Å². The van der Waals surface area contributed by atoms with Crippen molar-refractivity contribution in [2.75, 3.05) is 39.8 Å². The van der Waals surface area contributed by atoms with Gasteiger partial charge >= 0.3 is 0 Å². The predicted octanol–water partition coefficient (Wildman–Crippen LogP) is 3.27. The maximum atomic E-state index is 11.6. The first-order valence-corrected chi connectivity index (χ1v) is 10.5. The molecule has 1 saturated heterocycles. The van der Waals surface area contributed by atoms with Gasteiger partial charge in [0.25, 0.3) is 0 Å². The molecule has 164 valence electrons. The molecule has 0 saturated carbocycles. The molecule has 1 aromatic rings. The van der Waals surface area contributed by atoms with Crippen molar-refractivity contribution in [1.82, 2.24) is 15.5 Å². The number of benzene rings is 1. The molecule has 1 aliphatic heterocycles. The molecule has 2 N–H and O–H groups in total. The highest BCUT2D eigenvalue weighted by atomic mass is 127. The van der Waals surface area contributed by atoms with Crippen LogP contribution in [0.1, 0.15) is 38.7 Å². The van der Waals surface area contributed by atoms with Crippen LogP contribution in [0.5, 0.6) is 0 Å². The zero-order chi connectivity index (χ0) is 20.2. The molecule has 0 radical (unpaired) electrons. The minimum absolute atomic E-state index is 0. The van der Waals surface area contributed by atoms with E-state index in [1.54, 1.807) is 7.05 Å². The van der Waals surface area contributed by atoms with Crippen LogP contribution in [-0.2, 0) is 16.1 Å². The summed E-state index contributed by atoms with van der Waals surface area (Å²) in [6.07, 6.45) is 2.70. The average molecular weight is 516 g/mol. The number of piperidine rings is 1. The van der Waals surface area contributed by atoms with Crippen molar-refractivity contribution < 1.29 is 9.53 Å². The van der Waals surface area contributed by atoms with Gasteiger partial charge in [-0.2, -0.15) is 0 Å². The summed E-state index contributed by atoms with van der Waals surface area (Å²) in [5.41, 5.74) is 1.20. The van der Waals surface area contributed by atoms with Crippen molar-refractivity contribution in [2.45, 2.75) is 39.7 Å². The quantitative estimate of drug-likeness (QED) is 0.301. The molecule has 1 unspecified atom stereocenters. The number of ether oxygens (including phenoxy) is 1. The van der Waals surface area contributed by atoms with E-state index in [1.165, 1.54) is 5.56 Å². The van der Waals surface area contributed by atoms with E-state index in [0.29, 0.717) is 31.5 Å². The summed E-state index contributed by atoms with van der Waals surface area (Å²) in [7, 11) is 1.71. The van der Waals surface area contributed by atoms with E-state index < -0.39 is 0 Å². The van der Waals surface area contributed by atoms with Gasteiger partial charge < -0.3 is 20.3 Å². The van der Waals surface area contributed by atoms with Gasteiger partial charge in [0.15, 0.2) is 5.96 Å². The molecule has 7 heteroatoms. The highest BCUT2D eigenvalue weighted by Crippen LogP contribution is 2.20. The monoisotopic (exact) mass is 516 g/mol. The van der Waals surface area contributed by atoms with Crippen LogP contribution < -0.4 is 10.6 Å². The molecule has 29 heavy (non-hydrogen) atoms. The van der Waals surface area contributed by atoms with Crippen LogP contribution in [0.25, 0.3) is 0 Å². The van der Waals surface area contributed by atoms with Crippen LogP contribution in [0.4, 0.5) is 0 Å². The molecule has 0 bridgehead atoms. The van der Waals surface area contributed by atoms with Crippen molar-refractivity contribution in [3.63, 3.8) is 0 Å². The van der Waals surface area contributed by atoms with Gasteiger partial charge in [-0.1, -0.05) is 37.3 Å². The number of likely N-dealkylation sites (tertiary alicyclic amines) is 1. The fourth-order valence-electron chi connectivity index (χ4n) is 3.39. The first kappa shape index (κ1) is 25.7. The molecule has 1 atom stereocenters. The van der Waals surface area contributed by atoms with Crippen molar-refractivity contribution in [3.8, 4) is 0 Å². The van der Waals surface area contributed by atoms with Crippen molar-refractivity contribution in [3.05, 3.63) is 35.9 Å². The molecule has 2 rings (SSSR count). The Morgan fingerprint density at radius 2 is 1.97 bits per heavy atom. The largest absolute Gasteiger partial charge is 0.376 e. The summed E-state index contributed by atoms with van der Waals surface area (Å²) < 4.78 is 5.84. The van der Waals surface area contributed by atoms with E-state index in [9.17, 15) is 4.79 Å². The van der Waals surface area contributed by atoms with Gasteiger partial charge in [0.1, 0.15) is 0 Å². The molecule has 0 aliphatic carbocycles. The normalized spacial score (nSPS) is 16.1. The van der Waals surface area contributed by atoms with Crippen molar-refractivity contribution in [2.24, 2.45) is 16.8 Å². The number of rotatable bonds is 9. The highest BCUT2D eigenvalue weighted by Gasteiger charge is 2.23. The van der Waals surface area contributed by atoms with Crippen molar-refractivity contribution in [1.29, 1.82) is 0 Å². The lowest BCUT2D eigenvalue weighted by Crippen LogP contribution is -2.46. The summed E-state index contributed by atoms with van der Waals surface area (Å²) in [5.74, 6) is 1.96. The lowest BCUT2D eigenvalue weighted by Gasteiger charge is -2.34. The standard InChI is InChI=1S/C22H36N4O2.HI/c1-4-24-22(26-12-10-19(11-13-26)14-21(27)23-3)25-15-18(2)16-28-17-20-8-6-5-7-9-20;/h5-9,18-19H,4,10-17H2,1-3H3,(H,23,27)(H,24,25);1H. The van der Waals surface area contributed by atoms with Crippen LogP contribution in [-0.4, -0.2) is 56.6 Å². The van der Waals surface area contributed by atoms with Crippen LogP contribution in [0.2, 0.25) is 0 Å². The van der Waals surface area contributed by atoms with Crippen LogP contribution in [0.3, 0.4) is 0 Å². The maximum Gasteiger partial charge on any atom is 0.220 e. The molecule has 0 aromatic heterocycles. The Morgan fingerprint density at radius 3 is 2.59 bits per heavy atom. The number of hydrogen-bond acceptors (Lipinski definition) is 3. The molecule has 1 fully saturated rings. The number of halogens is 1. The second-order valence-electron chi connectivity index (χ2n) is 7.61. The average Bonchev–Trinajstić information content (AvgIpc) is 2.72. The van der Waals surface area contributed by atoms with Crippen LogP contribution >= 0.6 is 24.0 Å². The molecular formula is C22H37IN4O2. The van der Waals surface area contributed by atoms with E-state index in [4.69, 9.17) is 9.73 Å². The number of guanidine groups is 1. The summed E-state index contributed by atoms with van der Waals surface area (Å²) in [5, 5.41) is 6.14. The lowest BCUT2D eigenvalue weighted by molar-refractivity contribution is -0.121. The third-order valence-electron chi connectivity index (χ3n) is 5.07. The molecule has 1 aliphatic rings. The Kier molecular flexibility index (Phi) is 12.9. The predicted molar refractivity (Wildman–Crippen MR) is 130 cm³/mol. The molecule has 1 heterocycles. The number of amides is 1. The zero-order valence-electron chi connectivity index (χ0n) is 18.0. The van der Waals surface area contributed by atoms with E-state index in [0.717, 1.165) is 45.0 Å². The Bertz CT molecular complexity index is 604. The van der Waals surface area contributed by atoms with E-state index in [2.05, 4.69) is 41.5 Å².